The summed E-state index contributed by atoms with van der Waals surface area (Å²) in [5.74, 6) is 0. The number of benzene rings is 2. The van der Waals surface area contributed by atoms with Crippen LogP contribution in [0.4, 0.5) is 5.69 Å². The summed E-state index contributed by atoms with van der Waals surface area (Å²) in [6, 6.07) is 15.6. The maximum Gasteiger partial charge on any atom is 0.0667 e. The summed E-state index contributed by atoms with van der Waals surface area (Å²) in [4.78, 5) is 2.50. The first-order valence-electron chi connectivity index (χ1n) is 7.83. The van der Waals surface area contributed by atoms with E-state index in [9.17, 15) is 0 Å². The highest BCUT2D eigenvalue weighted by Crippen LogP contribution is 2.35. The quantitative estimate of drug-likeness (QED) is 0.927. The van der Waals surface area contributed by atoms with E-state index in [1.165, 1.54) is 40.8 Å². The number of hydrogen-bond acceptors (Lipinski definition) is 2. The van der Waals surface area contributed by atoms with Crippen molar-refractivity contribution in [1.82, 2.24) is 0 Å². The van der Waals surface area contributed by atoms with Crippen LogP contribution in [0.1, 0.15) is 34.7 Å². The summed E-state index contributed by atoms with van der Waals surface area (Å²) in [7, 11) is 0. The molecule has 0 aromatic heterocycles. The van der Waals surface area contributed by atoms with E-state index >= 15 is 0 Å². The Bertz CT molecular complexity index is 633. The van der Waals surface area contributed by atoms with Crippen molar-refractivity contribution in [1.29, 1.82) is 0 Å². The Hall–Kier alpha value is -1.80. The van der Waals surface area contributed by atoms with Crippen LogP contribution in [-0.4, -0.2) is 13.1 Å². The van der Waals surface area contributed by atoms with Crippen LogP contribution in [0.3, 0.4) is 0 Å². The van der Waals surface area contributed by atoms with Crippen LogP contribution in [0, 0.1) is 13.8 Å². The third kappa shape index (κ3) is 2.56. The average Bonchev–Trinajstić information content (AvgIpc) is 2.52. The molecule has 0 bridgehead atoms. The van der Waals surface area contributed by atoms with E-state index in [0.717, 1.165) is 6.54 Å². The van der Waals surface area contributed by atoms with Gasteiger partial charge in [-0.3, -0.25) is 0 Å². The molecule has 0 amide bonds. The maximum absolute atomic E-state index is 6.17. The molecule has 0 saturated heterocycles. The minimum Gasteiger partial charge on any atom is -0.363 e. The van der Waals surface area contributed by atoms with E-state index < -0.39 is 0 Å². The fourth-order valence-corrected chi connectivity index (χ4v) is 3.44. The van der Waals surface area contributed by atoms with Crippen molar-refractivity contribution in [3.63, 3.8) is 0 Å². The number of nitrogens with two attached hydrogens (primary N) is 1. The predicted molar refractivity (Wildman–Crippen MR) is 89.8 cm³/mol. The molecule has 21 heavy (non-hydrogen) atoms. The number of hydrogen-bond donors (Lipinski definition) is 1. The molecular formula is C19H24N2. The van der Waals surface area contributed by atoms with Gasteiger partial charge in [-0.25, -0.2) is 0 Å². The second-order valence-electron chi connectivity index (χ2n) is 5.97. The lowest BCUT2D eigenvalue weighted by atomic mass is 9.93. The second-order valence-corrected chi connectivity index (χ2v) is 5.97. The first kappa shape index (κ1) is 14.2. The normalized spacial score (nSPS) is 15.7. The van der Waals surface area contributed by atoms with Crippen molar-refractivity contribution < 1.29 is 0 Å². The highest BCUT2D eigenvalue weighted by Gasteiger charge is 2.25. The van der Waals surface area contributed by atoms with Gasteiger partial charge in [-0.2, -0.15) is 0 Å². The molecule has 0 fully saturated rings. The fraction of sp³-hybridized carbons (Fsp3) is 0.368. The summed E-state index contributed by atoms with van der Waals surface area (Å²) in [6.45, 7) is 6.13. The van der Waals surface area contributed by atoms with E-state index in [1.54, 1.807) is 0 Å². The van der Waals surface area contributed by atoms with Gasteiger partial charge in [-0.05, 0) is 55.0 Å². The van der Waals surface area contributed by atoms with Crippen LogP contribution in [0.15, 0.2) is 42.5 Å². The van der Waals surface area contributed by atoms with Gasteiger partial charge >= 0.3 is 0 Å². The molecule has 2 heteroatoms. The lowest BCUT2D eigenvalue weighted by Crippen LogP contribution is -2.37. The maximum atomic E-state index is 6.17. The molecule has 1 atom stereocenters. The van der Waals surface area contributed by atoms with Crippen LogP contribution in [0.25, 0.3) is 0 Å². The number of anilines is 1. The third-order valence-electron chi connectivity index (χ3n) is 4.75. The number of nitrogens with zero attached hydrogens (tertiary/aromatic N) is 1. The topological polar surface area (TPSA) is 29.3 Å². The van der Waals surface area contributed by atoms with E-state index in [1.807, 2.05) is 0 Å². The second kappa shape index (κ2) is 5.90. The smallest absolute Gasteiger partial charge is 0.0667 e. The minimum absolute atomic E-state index is 0.270. The Labute approximate surface area is 127 Å². The SMILES string of the molecule is Cc1cccc(C(CN)N2CCCc3ccccc32)c1C. The molecule has 0 aliphatic carbocycles. The van der Waals surface area contributed by atoms with Crippen molar-refractivity contribution in [2.45, 2.75) is 32.7 Å². The molecule has 0 saturated carbocycles. The lowest BCUT2D eigenvalue weighted by Gasteiger charge is -2.38. The first-order chi connectivity index (χ1) is 10.2. The fourth-order valence-electron chi connectivity index (χ4n) is 3.44. The van der Waals surface area contributed by atoms with Gasteiger partial charge in [0.2, 0.25) is 0 Å². The number of rotatable bonds is 3. The molecule has 1 unspecified atom stereocenters. The first-order valence-corrected chi connectivity index (χ1v) is 7.83. The van der Waals surface area contributed by atoms with Crippen LogP contribution in [0.5, 0.6) is 0 Å². The van der Waals surface area contributed by atoms with Gasteiger partial charge in [0.15, 0.2) is 0 Å². The van der Waals surface area contributed by atoms with Crippen molar-refractivity contribution in [2.75, 3.05) is 18.0 Å². The molecule has 3 rings (SSSR count). The number of fused-ring (bicyclic) bond motifs is 1. The van der Waals surface area contributed by atoms with Gasteiger partial charge in [0.1, 0.15) is 0 Å². The molecule has 2 N–H and O–H groups in total. The van der Waals surface area contributed by atoms with E-state index in [-0.39, 0.29) is 6.04 Å². The van der Waals surface area contributed by atoms with Crippen molar-refractivity contribution in [3.8, 4) is 0 Å². The van der Waals surface area contributed by atoms with Gasteiger partial charge < -0.3 is 10.6 Å². The predicted octanol–water partition coefficient (Wildman–Crippen LogP) is 3.76. The zero-order valence-corrected chi connectivity index (χ0v) is 13.0. The lowest BCUT2D eigenvalue weighted by molar-refractivity contribution is 0.585. The summed E-state index contributed by atoms with van der Waals surface area (Å²) < 4.78 is 0. The Morgan fingerprint density at radius 1 is 1.10 bits per heavy atom. The van der Waals surface area contributed by atoms with Gasteiger partial charge in [-0.1, -0.05) is 36.4 Å². The average molecular weight is 280 g/mol. The molecule has 2 nitrogen and oxygen atoms in total. The molecule has 2 aromatic carbocycles. The zero-order chi connectivity index (χ0) is 14.8. The standard InChI is InChI=1S/C19H24N2/c1-14-7-5-10-17(15(14)2)19(13-20)21-12-6-9-16-8-3-4-11-18(16)21/h3-5,7-8,10-11,19H,6,9,12-13,20H2,1-2H3. The zero-order valence-electron chi connectivity index (χ0n) is 13.0. The van der Waals surface area contributed by atoms with Crippen molar-refractivity contribution >= 4 is 5.69 Å². The van der Waals surface area contributed by atoms with Gasteiger partial charge in [0.05, 0.1) is 6.04 Å². The summed E-state index contributed by atoms with van der Waals surface area (Å²) in [5, 5.41) is 0. The van der Waals surface area contributed by atoms with Gasteiger partial charge in [0.25, 0.3) is 0 Å². The highest BCUT2D eigenvalue weighted by molar-refractivity contribution is 5.58. The van der Waals surface area contributed by atoms with Crippen LogP contribution < -0.4 is 10.6 Å². The van der Waals surface area contributed by atoms with Crippen LogP contribution >= 0.6 is 0 Å². The third-order valence-corrected chi connectivity index (χ3v) is 4.75. The molecule has 1 heterocycles. The van der Waals surface area contributed by atoms with E-state index in [4.69, 9.17) is 5.73 Å². The Morgan fingerprint density at radius 3 is 2.71 bits per heavy atom. The van der Waals surface area contributed by atoms with E-state index in [2.05, 4.69) is 61.2 Å². The highest BCUT2D eigenvalue weighted by atomic mass is 15.2. The van der Waals surface area contributed by atoms with Crippen molar-refractivity contribution in [2.24, 2.45) is 5.73 Å². The molecule has 1 aliphatic heterocycles. The largest absolute Gasteiger partial charge is 0.363 e. The molecule has 0 spiro atoms. The Morgan fingerprint density at radius 2 is 1.90 bits per heavy atom. The summed E-state index contributed by atoms with van der Waals surface area (Å²) >= 11 is 0. The van der Waals surface area contributed by atoms with Crippen LogP contribution in [-0.2, 0) is 6.42 Å². The number of para-hydroxylation sites is 1. The Balaban J connectivity index is 2.04. The summed E-state index contributed by atoms with van der Waals surface area (Å²) in [5.41, 5.74) is 13.1. The van der Waals surface area contributed by atoms with Gasteiger partial charge in [0, 0.05) is 18.8 Å². The van der Waals surface area contributed by atoms with Gasteiger partial charge in [-0.15, -0.1) is 0 Å². The summed E-state index contributed by atoms with van der Waals surface area (Å²) in [6.07, 6.45) is 2.38. The monoisotopic (exact) mass is 280 g/mol. The number of aryl methyl sites for hydroxylation is 2. The van der Waals surface area contributed by atoms with E-state index in [0.29, 0.717) is 6.54 Å². The van der Waals surface area contributed by atoms with Crippen LogP contribution in [0.2, 0.25) is 0 Å². The molecule has 0 radical (unpaired) electrons. The van der Waals surface area contributed by atoms with Crippen molar-refractivity contribution in [3.05, 3.63) is 64.7 Å². The minimum atomic E-state index is 0.270. The molecule has 110 valence electrons. The molecule has 2 aromatic rings. The Kier molecular flexibility index (Phi) is 3.98. The molecular weight excluding hydrogens is 256 g/mol. The molecule has 1 aliphatic rings.